The Morgan fingerprint density at radius 1 is 1.30 bits per heavy atom. The number of ether oxygens (including phenoxy) is 1. The fourth-order valence-electron chi connectivity index (χ4n) is 1.82. The van der Waals surface area contributed by atoms with Crippen LogP contribution in [0.5, 0.6) is 5.75 Å². The van der Waals surface area contributed by atoms with Gasteiger partial charge < -0.3 is 9.84 Å². The van der Waals surface area contributed by atoms with Crippen molar-refractivity contribution in [1.82, 2.24) is 0 Å². The summed E-state index contributed by atoms with van der Waals surface area (Å²) in [6.07, 6.45) is -1.23. The maximum Gasteiger partial charge on any atom is 0.409 e. The molecule has 0 saturated heterocycles. The van der Waals surface area contributed by atoms with Crippen molar-refractivity contribution in [2.75, 3.05) is 12.4 Å². The highest BCUT2D eigenvalue weighted by atomic mass is 35.5. The Balaban J connectivity index is 2.58. The second-order valence-corrected chi connectivity index (χ2v) is 4.44. The van der Waals surface area contributed by atoms with Crippen molar-refractivity contribution >= 4 is 23.4 Å². The number of nitrogens with one attached hydrogen (secondary N) is 1. The molecule has 0 atom stereocenters. The van der Waals surface area contributed by atoms with Gasteiger partial charge in [-0.3, -0.25) is 5.32 Å². The van der Waals surface area contributed by atoms with Crippen LogP contribution in [-0.2, 0) is 0 Å². The Morgan fingerprint density at radius 3 is 2.70 bits per heavy atom. The highest BCUT2D eigenvalue weighted by Gasteiger charge is 2.11. The topological polar surface area (TPSA) is 58.6 Å². The standard InChI is InChI=1S/C14H11ClFNO3/c1-20-11-5-8(4-9(15)6-11)12-7-10(16)2-3-13(12)17-14(18)19/h2-7,17H,1H3,(H,18,19). The molecule has 0 heterocycles. The molecule has 0 aliphatic carbocycles. The highest BCUT2D eigenvalue weighted by Crippen LogP contribution is 2.33. The smallest absolute Gasteiger partial charge is 0.409 e. The average Bonchev–Trinajstić information content (AvgIpc) is 2.39. The minimum Gasteiger partial charge on any atom is -0.497 e. The zero-order valence-electron chi connectivity index (χ0n) is 10.5. The lowest BCUT2D eigenvalue weighted by molar-refractivity contribution is 0.210. The molecule has 0 saturated carbocycles. The summed E-state index contributed by atoms with van der Waals surface area (Å²) >= 11 is 5.97. The molecule has 0 radical (unpaired) electrons. The number of amides is 1. The maximum absolute atomic E-state index is 13.4. The quantitative estimate of drug-likeness (QED) is 0.890. The van der Waals surface area contributed by atoms with E-state index in [9.17, 15) is 9.18 Å². The number of carbonyl (C=O) groups is 1. The number of carboxylic acid groups (broad SMARTS) is 1. The fourth-order valence-corrected chi connectivity index (χ4v) is 2.04. The van der Waals surface area contributed by atoms with Crippen molar-refractivity contribution in [3.8, 4) is 16.9 Å². The summed E-state index contributed by atoms with van der Waals surface area (Å²) in [7, 11) is 1.48. The SMILES string of the molecule is COc1cc(Cl)cc(-c2cc(F)ccc2NC(=O)O)c1. The van der Waals surface area contributed by atoms with Crippen LogP contribution in [0.1, 0.15) is 0 Å². The largest absolute Gasteiger partial charge is 0.497 e. The lowest BCUT2D eigenvalue weighted by Gasteiger charge is -2.11. The molecular weight excluding hydrogens is 285 g/mol. The van der Waals surface area contributed by atoms with E-state index in [0.29, 0.717) is 21.9 Å². The molecule has 0 unspecified atom stereocenters. The van der Waals surface area contributed by atoms with Gasteiger partial charge in [0.1, 0.15) is 11.6 Å². The molecule has 2 aromatic rings. The van der Waals surface area contributed by atoms with Gasteiger partial charge in [0.05, 0.1) is 12.8 Å². The molecular formula is C14H11ClFNO3. The van der Waals surface area contributed by atoms with Gasteiger partial charge >= 0.3 is 6.09 Å². The molecule has 1 amide bonds. The van der Waals surface area contributed by atoms with E-state index in [-0.39, 0.29) is 5.69 Å². The zero-order valence-corrected chi connectivity index (χ0v) is 11.2. The maximum atomic E-state index is 13.4. The van der Waals surface area contributed by atoms with Crippen LogP contribution in [0.25, 0.3) is 11.1 Å². The third kappa shape index (κ3) is 3.19. The number of anilines is 1. The lowest BCUT2D eigenvalue weighted by Crippen LogP contribution is -2.08. The zero-order chi connectivity index (χ0) is 14.7. The number of halogens is 2. The van der Waals surface area contributed by atoms with E-state index in [1.807, 2.05) is 0 Å². The van der Waals surface area contributed by atoms with Crippen LogP contribution in [0, 0.1) is 5.82 Å². The van der Waals surface area contributed by atoms with Crippen LogP contribution >= 0.6 is 11.6 Å². The Kier molecular flexibility index (Phi) is 4.10. The van der Waals surface area contributed by atoms with Crippen molar-refractivity contribution in [2.45, 2.75) is 0 Å². The lowest BCUT2D eigenvalue weighted by atomic mass is 10.0. The Hall–Kier alpha value is -2.27. The molecule has 20 heavy (non-hydrogen) atoms. The molecule has 0 bridgehead atoms. The third-order valence-corrected chi connectivity index (χ3v) is 2.86. The number of rotatable bonds is 3. The number of methoxy groups -OCH3 is 1. The highest BCUT2D eigenvalue weighted by molar-refractivity contribution is 6.31. The van der Waals surface area contributed by atoms with E-state index in [1.165, 1.54) is 25.3 Å². The van der Waals surface area contributed by atoms with Crippen molar-refractivity contribution in [3.63, 3.8) is 0 Å². The number of hydrogen-bond donors (Lipinski definition) is 2. The molecule has 0 aliphatic heterocycles. The van der Waals surface area contributed by atoms with Gasteiger partial charge in [0.2, 0.25) is 0 Å². The minimum absolute atomic E-state index is 0.267. The van der Waals surface area contributed by atoms with Crippen LogP contribution in [0.2, 0.25) is 5.02 Å². The predicted molar refractivity (Wildman–Crippen MR) is 75.0 cm³/mol. The van der Waals surface area contributed by atoms with E-state index >= 15 is 0 Å². The van der Waals surface area contributed by atoms with E-state index in [0.717, 1.165) is 0 Å². The summed E-state index contributed by atoms with van der Waals surface area (Å²) in [6.45, 7) is 0. The first-order valence-electron chi connectivity index (χ1n) is 5.64. The van der Waals surface area contributed by atoms with E-state index in [2.05, 4.69) is 5.32 Å². The van der Waals surface area contributed by atoms with Crippen molar-refractivity contribution < 1.29 is 19.0 Å². The molecule has 6 heteroatoms. The molecule has 0 spiro atoms. The normalized spacial score (nSPS) is 10.2. The molecule has 0 aromatic heterocycles. The van der Waals surface area contributed by atoms with Crippen LogP contribution in [0.3, 0.4) is 0 Å². The van der Waals surface area contributed by atoms with Gasteiger partial charge in [-0.1, -0.05) is 11.6 Å². The van der Waals surface area contributed by atoms with Crippen LogP contribution < -0.4 is 10.1 Å². The van der Waals surface area contributed by atoms with Crippen LogP contribution in [-0.4, -0.2) is 18.3 Å². The van der Waals surface area contributed by atoms with Gasteiger partial charge in [-0.05, 0) is 42.0 Å². The first-order chi connectivity index (χ1) is 9.49. The third-order valence-electron chi connectivity index (χ3n) is 2.64. The van der Waals surface area contributed by atoms with Crippen LogP contribution in [0.15, 0.2) is 36.4 Å². The van der Waals surface area contributed by atoms with E-state index in [1.54, 1.807) is 18.2 Å². The first-order valence-corrected chi connectivity index (χ1v) is 6.02. The molecule has 2 rings (SSSR count). The second kappa shape index (κ2) is 5.79. The van der Waals surface area contributed by atoms with Crippen molar-refractivity contribution in [2.24, 2.45) is 0 Å². The van der Waals surface area contributed by atoms with Crippen molar-refractivity contribution in [3.05, 3.63) is 47.2 Å². The van der Waals surface area contributed by atoms with E-state index < -0.39 is 11.9 Å². The molecule has 104 valence electrons. The molecule has 4 nitrogen and oxygen atoms in total. The van der Waals surface area contributed by atoms with Crippen LogP contribution in [0.4, 0.5) is 14.9 Å². The Labute approximate surface area is 119 Å². The molecule has 2 N–H and O–H groups in total. The van der Waals surface area contributed by atoms with Gasteiger partial charge in [-0.15, -0.1) is 0 Å². The van der Waals surface area contributed by atoms with Gasteiger partial charge in [-0.2, -0.15) is 0 Å². The summed E-state index contributed by atoms with van der Waals surface area (Å²) in [6, 6.07) is 8.62. The summed E-state index contributed by atoms with van der Waals surface area (Å²) in [5, 5.41) is 11.4. The van der Waals surface area contributed by atoms with Crippen molar-refractivity contribution in [1.29, 1.82) is 0 Å². The van der Waals surface area contributed by atoms with E-state index in [4.69, 9.17) is 21.4 Å². The van der Waals surface area contributed by atoms with Gasteiger partial charge in [0, 0.05) is 10.6 Å². The summed E-state index contributed by atoms with van der Waals surface area (Å²) in [4.78, 5) is 10.8. The summed E-state index contributed by atoms with van der Waals surface area (Å²) in [5.41, 5.74) is 1.20. The fraction of sp³-hybridized carbons (Fsp3) is 0.0714. The second-order valence-electron chi connectivity index (χ2n) is 4.00. The van der Waals surface area contributed by atoms with Gasteiger partial charge in [0.15, 0.2) is 0 Å². The van der Waals surface area contributed by atoms with Gasteiger partial charge in [0.25, 0.3) is 0 Å². The summed E-state index contributed by atoms with van der Waals surface area (Å²) in [5.74, 6) is 0.0212. The average molecular weight is 296 g/mol. The minimum atomic E-state index is -1.23. The summed E-state index contributed by atoms with van der Waals surface area (Å²) < 4.78 is 18.5. The molecule has 0 aliphatic rings. The predicted octanol–water partition coefficient (Wildman–Crippen LogP) is 4.24. The monoisotopic (exact) mass is 295 g/mol. The number of hydrogen-bond acceptors (Lipinski definition) is 2. The first kappa shape index (κ1) is 14.1. The Bertz CT molecular complexity index is 661. The van der Waals surface area contributed by atoms with Gasteiger partial charge in [-0.25, -0.2) is 9.18 Å². The molecule has 2 aromatic carbocycles. The molecule has 0 fully saturated rings. The Morgan fingerprint density at radius 2 is 2.05 bits per heavy atom. The number of benzene rings is 2.